The molecule has 4 saturated heterocycles. The van der Waals surface area contributed by atoms with Gasteiger partial charge in [-0.1, -0.05) is 50.2 Å². The Bertz CT molecular complexity index is 2940. The number of piperazine rings is 2. The molecule has 4 aliphatic rings. The zero-order valence-electron chi connectivity index (χ0n) is 42.7. The number of likely N-dealkylation sites (tertiary alicyclic amines) is 1. The van der Waals surface area contributed by atoms with E-state index >= 15 is 4.39 Å². The maximum absolute atomic E-state index is 16.0. The van der Waals surface area contributed by atoms with Crippen LogP contribution in [0.15, 0.2) is 83.0 Å². The molecule has 2 amide bonds. The van der Waals surface area contributed by atoms with Crippen molar-refractivity contribution in [3.05, 3.63) is 101 Å². The molecule has 6 atom stereocenters. The molecule has 0 saturated carbocycles. The number of β-amino-alcohol motifs (C(OH)–C–C–N with tert-alkyl or cyclic N) is 1. The van der Waals surface area contributed by atoms with Crippen molar-refractivity contribution in [1.82, 2.24) is 45.3 Å². The highest BCUT2D eigenvalue weighted by molar-refractivity contribution is 7.13. The molecular formula is C54H65FN12O7S. The number of hydrogen-bond donors (Lipinski definition) is 4. The number of aromatic hydroxyl groups is 1. The standard InChI is InChI=1S/C54H65FN12O7S/c1-32(2)47(54(71)66-30-40(68)26-44(66)52(70)59-33(3)35-9-11-36(12-10-35)50-34(4)58-31-75-50)49-48(55)53(62-74-49)73-24-22-64-19-17-63(18-20-64)21-23-72-46-25-37(15-16-57-46)67-38-13-14-39(67)29-65(28-38)43-27-42(60-61-51(43)56)41-7-5-6-8-45(41)69/h5-12,15-16,25,27,31-33,38-40,44,47,68-69H,13-14,17-24,26,28-30H2,1-4H3,(H2,56,61)(H,59,70)/t33-,38?,39?,40+,44-,47-/m0/s1. The summed E-state index contributed by atoms with van der Waals surface area (Å²) in [6.45, 7) is 14.0. The largest absolute Gasteiger partial charge is 0.507 e. The first kappa shape index (κ1) is 51.5. The Hall–Kier alpha value is -6.94. The minimum absolute atomic E-state index is 0.0527. The number of rotatable bonds is 18. The highest BCUT2D eigenvalue weighted by Gasteiger charge is 2.45. The molecule has 21 heteroatoms. The minimum Gasteiger partial charge on any atom is -0.507 e. The van der Waals surface area contributed by atoms with Crippen LogP contribution in [0.5, 0.6) is 17.5 Å². The third-order valence-electron chi connectivity index (χ3n) is 15.1. The van der Waals surface area contributed by atoms with E-state index in [4.69, 9.17) is 19.7 Å². The fourth-order valence-corrected chi connectivity index (χ4v) is 11.9. The molecule has 0 aliphatic carbocycles. The summed E-state index contributed by atoms with van der Waals surface area (Å²) in [5.41, 5.74) is 14.2. The lowest BCUT2D eigenvalue weighted by Crippen LogP contribution is -2.54. The highest BCUT2D eigenvalue weighted by atomic mass is 32.1. The molecule has 2 unspecified atom stereocenters. The van der Waals surface area contributed by atoms with E-state index in [0.717, 1.165) is 91.7 Å². The number of aromatic nitrogens is 5. The molecule has 0 radical (unpaired) electrons. The van der Waals surface area contributed by atoms with Gasteiger partial charge in [-0.05, 0) is 73.2 Å². The molecule has 10 rings (SSSR count). The number of aliphatic hydroxyl groups excluding tert-OH is 1. The van der Waals surface area contributed by atoms with Gasteiger partial charge in [0, 0.05) is 101 Å². The fourth-order valence-electron chi connectivity index (χ4n) is 11.1. The Kier molecular flexibility index (Phi) is 15.5. The number of aliphatic hydroxyl groups is 1. The summed E-state index contributed by atoms with van der Waals surface area (Å²) in [4.78, 5) is 48.6. The number of phenolic OH excluding ortho intramolecular Hbond substituents is 1. The number of nitrogens with one attached hydrogen (secondary N) is 1. The van der Waals surface area contributed by atoms with Crippen LogP contribution in [-0.2, 0) is 9.59 Å². The number of halogens is 1. The van der Waals surface area contributed by atoms with Crippen molar-refractivity contribution >= 4 is 40.3 Å². The van der Waals surface area contributed by atoms with E-state index in [-0.39, 0.29) is 55.1 Å². The van der Waals surface area contributed by atoms with E-state index in [0.29, 0.717) is 36.1 Å². The van der Waals surface area contributed by atoms with Gasteiger partial charge in [0.15, 0.2) is 11.6 Å². The summed E-state index contributed by atoms with van der Waals surface area (Å²) < 4.78 is 33.5. The number of ether oxygens (including phenoxy) is 2. The molecular weight excluding hydrogens is 980 g/mol. The van der Waals surface area contributed by atoms with Crippen molar-refractivity contribution in [3.8, 4) is 39.2 Å². The number of hydrogen-bond acceptors (Lipinski definition) is 18. The molecule has 4 aliphatic heterocycles. The van der Waals surface area contributed by atoms with Crippen molar-refractivity contribution in [3.63, 3.8) is 0 Å². The zero-order valence-corrected chi connectivity index (χ0v) is 43.5. The molecule has 2 bridgehead atoms. The third kappa shape index (κ3) is 11.2. The SMILES string of the molecule is Cc1ncsc1-c1ccc([C@H](C)NC(=O)[C@@H]2C[C@@H](O)CN2C(=O)[C@H](c2onc(OCCN3CCN(CCOc4cc(N5C6CCC5CN(c5cc(-c7ccccc7O)nnc5N)C6)ccn4)CC3)c2F)C(C)C)cc1. The lowest BCUT2D eigenvalue weighted by Gasteiger charge is -2.43. The van der Waals surface area contributed by atoms with Crippen LogP contribution in [-0.4, -0.2) is 158 Å². The van der Waals surface area contributed by atoms with Gasteiger partial charge in [-0.25, -0.2) is 9.97 Å². The summed E-state index contributed by atoms with van der Waals surface area (Å²) >= 11 is 1.57. The lowest BCUT2D eigenvalue weighted by atomic mass is 9.91. The molecule has 8 heterocycles. The average Bonchev–Trinajstić information content (AvgIpc) is 4.20. The van der Waals surface area contributed by atoms with E-state index in [9.17, 15) is 19.8 Å². The van der Waals surface area contributed by atoms with Crippen molar-refractivity contribution < 1.29 is 38.2 Å². The number of para-hydroxylation sites is 1. The van der Waals surface area contributed by atoms with E-state index < -0.39 is 41.6 Å². The van der Waals surface area contributed by atoms with Crippen LogP contribution in [0.2, 0.25) is 0 Å². The number of pyridine rings is 1. The van der Waals surface area contributed by atoms with Crippen LogP contribution in [0.25, 0.3) is 21.7 Å². The number of nitrogens with zero attached hydrogens (tertiary/aromatic N) is 10. The molecule has 4 fully saturated rings. The molecule has 6 aromatic rings. The topological polar surface area (TPSA) is 225 Å². The normalized spacial score (nSPS) is 20.9. The van der Waals surface area contributed by atoms with Crippen LogP contribution < -0.4 is 30.3 Å². The molecule has 4 aromatic heterocycles. The summed E-state index contributed by atoms with van der Waals surface area (Å²) in [6, 6.07) is 20.2. The predicted molar refractivity (Wildman–Crippen MR) is 282 cm³/mol. The number of thiazole rings is 1. The van der Waals surface area contributed by atoms with Crippen molar-refractivity contribution in [1.29, 1.82) is 0 Å². The smallest absolute Gasteiger partial charge is 0.291 e. The minimum atomic E-state index is -1.10. The summed E-state index contributed by atoms with van der Waals surface area (Å²) in [7, 11) is 0. The number of anilines is 3. The second-order valence-electron chi connectivity index (χ2n) is 20.3. The average molecular weight is 1050 g/mol. The number of benzene rings is 2. The van der Waals surface area contributed by atoms with E-state index in [1.54, 1.807) is 43.5 Å². The number of aryl methyl sites for hydroxylation is 1. The van der Waals surface area contributed by atoms with Gasteiger partial charge in [-0.2, -0.15) is 4.39 Å². The van der Waals surface area contributed by atoms with E-state index in [1.807, 2.05) is 74.0 Å². The molecule has 19 nitrogen and oxygen atoms in total. The van der Waals surface area contributed by atoms with Gasteiger partial charge in [0.1, 0.15) is 30.9 Å². The second kappa shape index (κ2) is 22.5. The number of phenols is 1. The van der Waals surface area contributed by atoms with Crippen LogP contribution in [0.1, 0.15) is 69.0 Å². The van der Waals surface area contributed by atoms with Crippen LogP contribution >= 0.6 is 11.3 Å². The first-order valence-corrected chi connectivity index (χ1v) is 26.7. The number of nitrogens with two attached hydrogens (primary N) is 1. The molecule has 75 heavy (non-hydrogen) atoms. The molecule has 0 spiro atoms. The fraction of sp³-hybridized carbons (Fsp3) is 0.463. The van der Waals surface area contributed by atoms with Crippen LogP contribution in [0, 0.1) is 18.7 Å². The van der Waals surface area contributed by atoms with Gasteiger partial charge >= 0.3 is 0 Å². The Morgan fingerprint density at radius 3 is 2.31 bits per heavy atom. The third-order valence-corrected chi connectivity index (χ3v) is 16.1. The van der Waals surface area contributed by atoms with Gasteiger partial charge < -0.3 is 50.0 Å². The van der Waals surface area contributed by atoms with Crippen molar-refractivity contribution in [2.75, 3.05) is 87.7 Å². The Balaban J connectivity index is 0.666. The number of amides is 2. The Morgan fingerprint density at radius 1 is 0.920 bits per heavy atom. The van der Waals surface area contributed by atoms with Gasteiger partial charge in [-0.15, -0.1) is 21.5 Å². The van der Waals surface area contributed by atoms with E-state index in [2.05, 4.69) is 50.2 Å². The van der Waals surface area contributed by atoms with Crippen molar-refractivity contribution in [2.24, 2.45) is 5.92 Å². The zero-order chi connectivity index (χ0) is 52.3. The number of carbonyl (C=O) groups is 2. The van der Waals surface area contributed by atoms with E-state index in [1.165, 1.54) is 4.90 Å². The van der Waals surface area contributed by atoms with Gasteiger partial charge in [0.25, 0.3) is 5.88 Å². The summed E-state index contributed by atoms with van der Waals surface area (Å²) in [5, 5.41) is 36.6. The molecule has 5 N–H and O–H groups in total. The van der Waals surface area contributed by atoms with Gasteiger partial charge in [0.2, 0.25) is 23.5 Å². The predicted octanol–water partition coefficient (Wildman–Crippen LogP) is 5.90. The maximum atomic E-state index is 16.0. The molecule has 2 aromatic carbocycles. The number of nitrogen functional groups attached to an aromatic ring is 1. The number of fused-ring (bicyclic) bond motifs is 2. The van der Waals surface area contributed by atoms with Gasteiger partial charge in [0.05, 0.1) is 39.6 Å². The first-order valence-electron chi connectivity index (χ1n) is 25.8. The summed E-state index contributed by atoms with van der Waals surface area (Å²) in [6.07, 6.45) is 3.03. The Morgan fingerprint density at radius 2 is 1.63 bits per heavy atom. The van der Waals surface area contributed by atoms with Crippen molar-refractivity contribution in [2.45, 2.75) is 83.1 Å². The summed E-state index contributed by atoms with van der Waals surface area (Å²) in [5.74, 6) is -2.79. The van der Waals surface area contributed by atoms with Crippen LogP contribution in [0.3, 0.4) is 0 Å². The quantitative estimate of drug-likeness (QED) is 0.0787. The lowest BCUT2D eigenvalue weighted by molar-refractivity contribution is -0.141. The monoisotopic (exact) mass is 1040 g/mol. The second-order valence-corrected chi connectivity index (χ2v) is 21.2. The van der Waals surface area contributed by atoms with Crippen LogP contribution in [0.4, 0.5) is 21.6 Å². The van der Waals surface area contributed by atoms with Gasteiger partial charge in [-0.3, -0.25) is 19.4 Å². The Labute approximate surface area is 439 Å². The maximum Gasteiger partial charge on any atom is 0.291 e. The number of carbonyl (C=O) groups excluding carboxylic acids is 2. The molecule has 396 valence electrons. The highest BCUT2D eigenvalue weighted by Crippen LogP contribution is 2.40. The first-order chi connectivity index (χ1) is 36.3.